The van der Waals surface area contributed by atoms with Crippen LogP contribution >= 0.6 is 0 Å². The van der Waals surface area contributed by atoms with E-state index in [9.17, 15) is 16.8 Å². The number of ether oxygens (including phenoxy) is 3. The first-order valence-electron chi connectivity index (χ1n) is 10.6. The lowest BCUT2D eigenvalue weighted by Crippen LogP contribution is -2.35. The molecule has 0 amide bonds. The maximum Gasteiger partial charge on any atom is 0.265 e. The Hall–Kier alpha value is -2.50. The van der Waals surface area contributed by atoms with E-state index in [0.29, 0.717) is 18.8 Å². The van der Waals surface area contributed by atoms with Crippen LogP contribution in [0.2, 0.25) is 0 Å². The van der Waals surface area contributed by atoms with Crippen molar-refractivity contribution in [2.45, 2.75) is 49.0 Å². The van der Waals surface area contributed by atoms with Crippen molar-refractivity contribution < 1.29 is 31.0 Å². The zero-order chi connectivity index (χ0) is 24.2. The molecule has 1 saturated heterocycles. The molecule has 33 heavy (non-hydrogen) atoms. The highest BCUT2D eigenvalue weighted by Gasteiger charge is 2.28. The van der Waals surface area contributed by atoms with Crippen LogP contribution in [0.5, 0.6) is 17.2 Å². The molecule has 0 radical (unpaired) electrons. The Bertz CT molecular complexity index is 1190. The lowest BCUT2D eigenvalue weighted by Gasteiger charge is -2.26. The molecular formula is C22H30N2O7S2. The van der Waals surface area contributed by atoms with Gasteiger partial charge >= 0.3 is 0 Å². The molecule has 0 spiro atoms. The third kappa shape index (κ3) is 5.71. The van der Waals surface area contributed by atoms with Gasteiger partial charge in [0.25, 0.3) is 10.0 Å². The minimum Gasteiger partial charge on any atom is -0.497 e. The van der Waals surface area contributed by atoms with Crippen molar-refractivity contribution in [3.05, 3.63) is 36.4 Å². The van der Waals surface area contributed by atoms with Gasteiger partial charge < -0.3 is 14.2 Å². The molecule has 3 rings (SSSR count). The molecule has 2 aromatic rings. The molecule has 2 aromatic carbocycles. The van der Waals surface area contributed by atoms with Crippen LogP contribution in [0.4, 0.5) is 5.69 Å². The Morgan fingerprint density at radius 1 is 0.879 bits per heavy atom. The van der Waals surface area contributed by atoms with Gasteiger partial charge in [-0.2, -0.15) is 4.31 Å². The Balaban J connectivity index is 2.06. The fraction of sp³-hybridized carbons (Fsp3) is 0.455. The Labute approximate surface area is 195 Å². The van der Waals surface area contributed by atoms with Crippen LogP contribution in [-0.4, -0.2) is 54.6 Å². The topological polar surface area (TPSA) is 111 Å². The molecule has 0 bridgehead atoms. The number of hydrogen-bond donors (Lipinski definition) is 1. The number of methoxy groups -OCH3 is 2. The largest absolute Gasteiger partial charge is 0.497 e. The molecule has 1 N–H and O–H groups in total. The number of benzene rings is 2. The summed E-state index contributed by atoms with van der Waals surface area (Å²) in [5, 5.41) is 0. The number of nitrogens with one attached hydrogen (secondary N) is 1. The summed E-state index contributed by atoms with van der Waals surface area (Å²) in [7, 11) is -5.17. The third-order valence-corrected chi connectivity index (χ3v) is 8.45. The zero-order valence-corrected chi connectivity index (χ0v) is 20.8. The van der Waals surface area contributed by atoms with E-state index in [-0.39, 0.29) is 33.1 Å². The van der Waals surface area contributed by atoms with Gasteiger partial charge in [-0.1, -0.05) is 6.42 Å². The summed E-state index contributed by atoms with van der Waals surface area (Å²) < 4.78 is 72.9. The third-order valence-electron chi connectivity index (χ3n) is 5.17. The van der Waals surface area contributed by atoms with Crippen LogP contribution in [0.3, 0.4) is 0 Å². The fourth-order valence-corrected chi connectivity index (χ4v) is 6.34. The molecule has 0 saturated carbocycles. The van der Waals surface area contributed by atoms with E-state index in [2.05, 4.69) is 4.72 Å². The van der Waals surface area contributed by atoms with Crippen LogP contribution < -0.4 is 18.9 Å². The van der Waals surface area contributed by atoms with E-state index in [0.717, 1.165) is 19.3 Å². The number of rotatable bonds is 9. The first-order valence-corrected chi connectivity index (χ1v) is 13.6. The molecule has 11 heteroatoms. The van der Waals surface area contributed by atoms with Crippen molar-refractivity contribution in [1.29, 1.82) is 0 Å². The van der Waals surface area contributed by atoms with Gasteiger partial charge in [0.2, 0.25) is 10.0 Å². The van der Waals surface area contributed by atoms with Crippen molar-refractivity contribution >= 4 is 25.7 Å². The molecule has 1 aliphatic rings. The summed E-state index contributed by atoms with van der Waals surface area (Å²) in [4.78, 5) is -0.153. The van der Waals surface area contributed by atoms with Crippen molar-refractivity contribution in [2.75, 3.05) is 32.0 Å². The van der Waals surface area contributed by atoms with Crippen LogP contribution in [-0.2, 0) is 20.0 Å². The summed E-state index contributed by atoms with van der Waals surface area (Å²) in [6.45, 7) is 4.47. The van der Waals surface area contributed by atoms with Gasteiger partial charge in [0.1, 0.15) is 22.1 Å². The van der Waals surface area contributed by atoms with E-state index < -0.39 is 20.0 Å². The average Bonchev–Trinajstić information content (AvgIpc) is 2.79. The molecule has 0 aromatic heterocycles. The molecule has 0 unspecified atom stereocenters. The first kappa shape index (κ1) is 25.1. The highest BCUT2D eigenvalue weighted by molar-refractivity contribution is 7.93. The van der Waals surface area contributed by atoms with E-state index in [1.165, 1.54) is 48.9 Å². The molecule has 0 atom stereocenters. The van der Waals surface area contributed by atoms with E-state index >= 15 is 0 Å². The van der Waals surface area contributed by atoms with E-state index in [1.54, 1.807) is 19.9 Å². The van der Waals surface area contributed by atoms with Gasteiger partial charge in [-0.15, -0.1) is 0 Å². The van der Waals surface area contributed by atoms with Crippen molar-refractivity contribution in [2.24, 2.45) is 0 Å². The van der Waals surface area contributed by atoms with Gasteiger partial charge in [0, 0.05) is 19.2 Å². The minimum atomic E-state index is -4.18. The number of piperidine rings is 1. The number of anilines is 1. The monoisotopic (exact) mass is 498 g/mol. The second kappa shape index (κ2) is 10.2. The van der Waals surface area contributed by atoms with Crippen molar-refractivity contribution in [1.82, 2.24) is 4.31 Å². The van der Waals surface area contributed by atoms with Gasteiger partial charge in [0.15, 0.2) is 0 Å². The van der Waals surface area contributed by atoms with Crippen molar-refractivity contribution in [3.63, 3.8) is 0 Å². The second-order valence-electron chi connectivity index (χ2n) is 7.91. The van der Waals surface area contributed by atoms with Crippen molar-refractivity contribution in [3.8, 4) is 17.2 Å². The minimum absolute atomic E-state index is 0.00388. The molecule has 1 aliphatic heterocycles. The predicted molar refractivity (Wildman–Crippen MR) is 125 cm³/mol. The van der Waals surface area contributed by atoms with Crippen LogP contribution in [0, 0.1) is 0 Å². The maximum atomic E-state index is 13.3. The van der Waals surface area contributed by atoms with Gasteiger partial charge in [-0.25, -0.2) is 16.8 Å². The van der Waals surface area contributed by atoms with E-state index in [1.807, 2.05) is 0 Å². The lowest BCUT2D eigenvalue weighted by atomic mass is 10.2. The van der Waals surface area contributed by atoms with E-state index in [4.69, 9.17) is 14.2 Å². The van der Waals surface area contributed by atoms with Crippen LogP contribution in [0.1, 0.15) is 33.1 Å². The highest BCUT2D eigenvalue weighted by Crippen LogP contribution is 2.35. The normalized spacial score (nSPS) is 15.3. The standard InChI is InChI=1S/C22H30N2O7S2/c1-16(2)31-20-11-9-18(33(27,28)24-12-6-5-7-13-24)15-19(20)23-32(25,26)22-14-17(29-3)8-10-21(22)30-4/h8-11,14-16,23H,5-7,12-13H2,1-4H3. The molecule has 182 valence electrons. The second-order valence-corrected chi connectivity index (χ2v) is 11.5. The molecule has 1 heterocycles. The Morgan fingerprint density at radius 3 is 2.15 bits per heavy atom. The summed E-state index contributed by atoms with van der Waals surface area (Å²) in [6, 6.07) is 8.60. The van der Waals surface area contributed by atoms with Gasteiger partial charge in [0.05, 0.1) is 30.9 Å². The number of sulfonamides is 2. The quantitative estimate of drug-likeness (QED) is 0.563. The van der Waals surface area contributed by atoms with Crippen LogP contribution in [0.15, 0.2) is 46.2 Å². The SMILES string of the molecule is COc1ccc(OC)c(S(=O)(=O)Nc2cc(S(=O)(=O)N3CCCCC3)ccc2OC(C)C)c1. The summed E-state index contributed by atoms with van der Waals surface area (Å²) >= 11 is 0. The Morgan fingerprint density at radius 2 is 1.55 bits per heavy atom. The predicted octanol–water partition coefficient (Wildman–Crippen LogP) is 3.47. The van der Waals surface area contributed by atoms with Crippen LogP contribution in [0.25, 0.3) is 0 Å². The molecule has 1 fully saturated rings. The van der Waals surface area contributed by atoms with Gasteiger partial charge in [-0.3, -0.25) is 4.72 Å². The fourth-order valence-electron chi connectivity index (χ4n) is 3.55. The highest BCUT2D eigenvalue weighted by atomic mass is 32.2. The average molecular weight is 499 g/mol. The zero-order valence-electron chi connectivity index (χ0n) is 19.2. The Kier molecular flexibility index (Phi) is 7.76. The molecule has 9 nitrogen and oxygen atoms in total. The summed E-state index contributed by atoms with van der Waals surface area (Å²) in [5.41, 5.74) is 0.0201. The molecular weight excluding hydrogens is 468 g/mol. The van der Waals surface area contributed by atoms with Gasteiger partial charge in [-0.05, 0) is 57.0 Å². The number of nitrogens with zero attached hydrogens (tertiary/aromatic N) is 1. The smallest absolute Gasteiger partial charge is 0.265 e. The molecule has 0 aliphatic carbocycles. The summed E-state index contributed by atoms with van der Waals surface area (Å²) in [5.74, 6) is 0.663. The lowest BCUT2D eigenvalue weighted by molar-refractivity contribution is 0.243. The maximum absolute atomic E-state index is 13.3. The first-order chi connectivity index (χ1) is 15.6. The summed E-state index contributed by atoms with van der Waals surface area (Å²) in [6.07, 6.45) is 2.32. The number of hydrogen-bond acceptors (Lipinski definition) is 7.